The number of carboxylic acid groups (broad SMARTS) is 1. The van der Waals surface area contributed by atoms with Crippen LogP contribution in [0.3, 0.4) is 0 Å². The molecule has 2 aromatic rings. The number of rotatable bonds is 11. The van der Waals surface area contributed by atoms with Crippen LogP contribution in [0.2, 0.25) is 5.02 Å². The monoisotopic (exact) mass is 619 g/mol. The van der Waals surface area contributed by atoms with E-state index in [1.165, 1.54) is 10.7 Å². The predicted molar refractivity (Wildman–Crippen MR) is 164 cm³/mol. The van der Waals surface area contributed by atoms with E-state index in [0.717, 1.165) is 44.2 Å². The van der Waals surface area contributed by atoms with Crippen molar-refractivity contribution in [2.45, 2.75) is 88.1 Å². The Morgan fingerprint density at radius 3 is 2.50 bits per heavy atom. The van der Waals surface area contributed by atoms with Crippen molar-refractivity contribution in [1.29, 1.82) is 0 Å². The molecule has 1 unspecified atom stereocenters. The van der Waals surface area contributed by atoms with Crippen molar-refractivity contribution < 1.29 is 27.9 Å². The number of likely N-dealkylation sites (N-methyl/N-ethyl adjacent to an activating group) is 1. The minimum Gasteiger partial charge on any atom is -0.480 e. The molecule has 1 heterocycles. The average molecular weight is 620 g/mol. The van der Waals surface area contributed by atoms with E-state index in [1.54, 1.807) is 19.2 Å². The van der Waals surface area contributed by atoms with Crippen molar-refractivity contribution in [3.8, 4) is 0 Å². The highest BCUT2D eigenvalue weighted by Crippen LogP contribution is 2.42. The number of amides is 1. The van der Waals surface area contributed by atoms with Gasteiger partial charge in [0.05, 0.1) is 12.3 Å². The molecule has 230 valence electrons. The first-order valence-corrected chi connectivity index (χ1v) is 16.7. The molecular weight excluding hydrogens is 578 g/mol. The number of fused-ring (bicyclic) bond motifs is 1. The van der Waals surface area contributed by atoms with Crippen LogP contribution in [0.1, 0.15) is 70.3 Å². The third-order valence-corrected chi connectivity index (χ3v) is 10.7. The Morgan fingerprint density at radius 1 is 1.12 bits per heavy atom. The third-order valence-electron chi connectivity index (χ3n) is 8.45. The van der Waals surface area contributed by atoms with Gasteiger partial charge in [0.15, 0.2) is 0 Å². The zero-order valence-corrected chi connectivity index (χ0v) is 26.0. The summed E-state index contributed by atoms with van der Waals surface area (Å²) in [5.41, 5.74) is 1.88. The molecular formula is C31H42ClN3O6S. The van der Waals surface area contributed by atoms with E-state index in [9.17, 15) is 23.1 Å². The first-order chi connectivity index (χ1) is 20.1. The number of ether oxygens (including phenoxy) is 1. The maximum Gasteiger partial charge on any atom is 0.407 e. The summed E-state index contributed by atoms with van der Waals surface area (Å²) in [4.78, 5) is 26.3. The van der Waals surface area contributed by atoms with E-state index in [4.69, 9.17) is 16.3 Å². The Bertz CT molecular complexity index is 1330. The summed E-state index contributed by atoms with van der Waals surface area (Å²) in [5.74, 6) is -0.956. The van der Waals surface area contributed by atoms with E-state index in [-0.39, 0.29) is 36.3 Å². The molecule has 0 radical (unpaired) electrons. The highest BCUT2D eigenvalue weighted by molar-refractivity contribution is 7.89. The fourth-order valence-electron chi connectivity index (χ4n) is 6.00. The molecule has 4 rings (SSSR count). The summed E-state index contributed by atoms with van der Waals surface area (Å²) >= 11 is 6.75. The third kappa shape index (κ3) is 7.57. The molecule has 1 aliphatic heterocycles. The normalized spacial score (nSPS) is 19.9. The van der Waals surface area contributed by atoms with Crippen LogP contribution in [0.5, 0.6) is 0 Å². The topological polar surface area (TPSA) is 116 Å². The van der Waals surface area contributed by atoms with Crippen molar-refractivity contribution in [3.63, 3.8) is 0 Å². The fraction of sp³-hybridized carbons (Fsp3) is 0.548. The fourth-order valence-corrected chi connectivity index (χ4v) is 7.89. The predicted octanol–water partition coefficient (Wildman–Crippen LogP) is 6.36. The molecule has 1 saturated carbocycles. The van der Waals surface area contributed by atoms with Gasteiger partial charge in [-0.1, -0.05) is 68.8 Å². The SMILES string of the molecule is CCCCCOC(=O)NC(CCc1cc2c(cc1Cl)N(c1ccccc1)C[C@@H](C1CCCCC1)N(C)S2(=O)=O)C(=O)O. The molecule has 1 amide bonds. The van der Waals surface area contributed by atoms with Crippen molar-refractivity contribution in [2.75, 3.05) is 25.1 Å². The Kier molecular flexibility index (Phi) is 11.1. The summed E-state index contributed by atoms with van der Waals surface area (Å²) in [6, 6.07) is 11.5. The number of unbranched alkanes of at least 4 members (excludes halogenated alkanes) is 2. The molecule has 2 atom stereocenters. The molecule has 1 aliphatic carbocycles. The van der Waals surface area contributed by atoms with Gasteiger partial charge >= 0.3 is 12.1 Å². The van der Waals surface area contributed by atoms with E-state index < -0.39 is 28.1 Å². The highest BCUT2D eigenvalue weighted by atomic mass is 35.5. The number of carbonyl (C=O) groups is 2. The number of halogens is 1. The Balaban J connectivity index is 1.63. The van der Waals surface area contributed by atoms with Crippen molar-refractivity contribution in [2.24, 2.45) is 5.92 Å². The van der Waals surface area contributed by atoms with E-state index >= 15 is 0 Å². The molecule has 0 aromatic heterocycles. The number of nitrogens with one attached hydrogen (secondary N) is 1. The lowest BCUT2D eigenvalue weighted by atomic mass is 9.83. The number of hydrogen-bond acceptors (Lipinski definition) is 6. The van der Waals surface area contributed by atoms with Gasteiger partial charge in [-0.05, 0) is 67.9 Å². The Hall–Kier alpha value is -2.82. The molecule has 42 heavy (non-hydrogen) atoms. The van der Waals surface area contributed by atoms with Gasteiger partial charge in [0.1, 0.15) is 10.9 Å². The number of alkyl carbamates (subject to hydrolysis) is 1. The van der Waals surface area contributed by atoms with Crippen LogP contribution in [0.4, 0.5) is 16.2 Å². The minimum atomic E-state index is -3.90. The summed E-state index contributed by atoms with van der Waals surface area (Å²) in [7, 11) is -2.23. The van der Waals surface area contributed by atoms with Crippen LogP contribution < -0.4 is 10.2 Å². The molecule has 9 nitrogen and oxygen atoms in total. The van der Waals surface area contributed by atoms with Crippen LogP contribution >= 0.6 is 11.6 Å². The van der Waals surface area contributed by atoms with Gasteiger partial charge in [-0.3, -0.25) is 0 Å². The van der Waals surface area contributed by atoms with Crippen LogP contribution in [0, 0.1) is 5.92 Å². The second-order valence-electron chi connectivity index (χ2n) is 11.3. The number of benzene rings is 2. The smallest absolute Gasteiger partial charge is 0.407 e. The van der Waals surface area contributed by atoms with Gasteiger partial charge in [0.25, 0.3) is 0 Å². The summed E-state index contributed by atoms with van der Waals surface area (Å²) in [6.07, 6.45) is 7.29. The van der Waals surface area contributed by atoms with Crippen LogP contribution in [-0.4, -0.2) is 62.2 Å². The number of aryl methyl sites for hydroxylation is 1. The standard InChI is InChI=1S/C31H42ClN3O6S/c1-3-4-11-18-41-31(38)33-26(30(36)37)17-16-23-19-29-27(20-25(23)32)35(24-14-9-6-10-15-24)21-28(34(2)42(29,39)40)22-12-7-5-8-13-22/h6,9-10,14-15,19-20,22,26,28H,3-5,7-8,11-13,16-18,21H2,1-2H3,(H,33,38)(H,36,37)/t26?,28-/m0/s1. The molecule has 2 N–H and O–H groups in total. The van der Waals surface area contributed by atoms with Crippen LogP contribution in [-0.2, 0) is 26.0 Å². The van der Waals surface area contributed by atoms with Crippen molar-refractivity contribution in [1.82, 2.24) is 9.62 Å². The van der Waals surface area contributed by atoms with Crippen LogP contribution in [0.15, 0.2) is 47.4 Å². The number of sulfonamides is 1. The maximum absolute atomic E-state index is 14.1. The molecule has 2 aromatic carbocycles. The van der Waals surface area contributed by atoms with Crippen LogP contribution in [0.25, 0.3) is 0 Å². The molecule has 1 fully saturated rings. The zero-order valence-electron chi connectivity index (χ0n) is 24.4. The number of carboxylic acids is 1. The summed E-state index contributed by atoms with van der Waals surface area (Å²) in [6.45, 7) is 2.75. The lowest BCUT2D eigenvalue weighted by molar-refractivity contribution is -0.139. The lowest BCUT2D eigenvalue weighted by Crippen LogP contribution is -2.46. The number of hydrogen-bond donors (Lipinski definition) is 2. The molecule has 0 bridgehead atoms. The van der Waals surface area contributed by atoms with Crippen molar-refractivity contribution >= 4 is 45.1 Å². The maximum atomic E-state index is 14.1. The van der Waals surface area contributed by atoms with Gasteiger partial charge in [0.2, 0.25) is 10.0 Å². The highest BCUT2D eigenvalue weighted by Gasteiger charge is 2.41. The second kappa shape index (κ2) is 14.6. The molecule has 11 heteroatoms. The van der Waals surface area contributed by atoms with E-state index in [2.05, 4.69) is 5.32 Å². The number of para-hydroxylation sites is 1. The van der Waals surface area contributed by atoms with E-state index in [0.29, 0.717) is 29.2 Å². The number of aliphatic carboxylic acids is 1. The Morgan fingerprint density at radius 2 is 1.83 bits per heavy atom. The molecule has 0 saturated heterocycles. The summed E-state index contributed by atoms with van der Waals surface area (Å²) in [5, 5.41) is 12.5. The van der Waals surface area contributed by atoms with Gasteiger partial charge in [0, 0.05) is 30.3 Å². The first kappa shape index (κ1) is 32.1. The number of anilines is 2. The largest absolute Gasteiger partial charge is 0.480 e. The number of carbonyl (C=O) groups excluding carboxylic acids is 1. The van der Waals surface area contributed by atoms with E-state index in [1.807, 2.05) is 42.2 Å². The Labute approximate surface area is 254 Å². The van der Waals surface area contributed by atoms with Gasteiger partial charge < -0.3 is 20.1 Å². The summed E-state index contributed by atoms with van der Waals surface area (Å²) < 4.78 is 34.9. The van der Waals surface area contributed by atoms with Gasteiger partial charge in [-0.2, -0.15) is 4.31 Å². The molecule has 2 aliphatic rings. The van der Waals surface area contributed by atoms with Gasteiger partial charge in [-0.15, -0.1) is 0 Å². The molecule has 0 spiro atoms. The lowest BCUT2D eigenvalue weighted by Gasteiger charge is -2.36. The number of nitrogens with zero attached hydrogens (tertiary/aromatic N) is 2. The minimum absolute atomic E-state index is 0.0148. The average Bonchev–Trinajstić information content (AvgIpc) is 3.06. The second-order valence-corrected chi connectivity index (χ2v) is 13.6. The van der Waals surface area contributed by atoms with Crippen molar-refractivity contribution in [3.05, 3.63) is 53.1 Å². The zero-order chi connectivity index (χ0) is 30.3. The quantitative estimate of drug-likeness (QED) is 0.281. The van der Waals surface area contributed by atoms with Gasteiger partial charge in [-0.25, -0.2) is 18.0 Å². The first-order valence-electron chi connectivity index (χ1n) is 14.9.